The number of amides is 1. The number of carbonyl (C=O) groups excluding carboxylic acids is 1. The number of aryl methyl sites for hydroxylation is 2. The number of carbonyl (C=O) groups is 1. The Morgan fingerprint density at radius 2 is 1.81 bits per heavy atom. The van der Waals surface area contributed by atoms with Crippen molar-refractivity contribution >= 4 is 38.9 Å². The van der Waals surface area contributed by atoms with Crippen LogP contribution in [0.25, 0.3) is 0 Å². The first-order valence-electron chi connectivity index (χ1n) is 8.83. The molecule has 1 amide bonds. The lowest BCUT2D eigenvalue weighted by atomic mass is 10.1. The van der Waals surface area contributed by atoms with Crippen LogP contribution in [-0.2, 0) is 21.2 Å². The van der Waals surface area contributed by atoms with E-state index in [1.807, 2.05) is 31.2 Å². The molecule has 0 aromatic heterocycles. The van der Waals surface area contributed by atoms with Gasteiger partial charge in [-0.05, 0) is 55.2 Å². The summed E-state index contributed by atoms with van der Waals surface area (Å²) in [6, 6.07) is 12.5. The molecule has 0 unspecified atom stereocenters. The Balaban J connectivity index is 2.11. The second kappa shape index (κ2) is 9.24. The van der Waals surface area contributed by atoms with Crippen molar-refractivity contribution in [2.45, 2.75) is 33.1 Å². The number of sulfonamides is 1. The van der Waals surface area contributed by atoms with E-state index in [1.54, 1.807) is 18.2 Å². The first-order valence-corrected chi connectivity index (χ1v) is 11.1. The molecule has 2 aromatic carbocycles. The highest BCUT2D eigenvalue weighted by Gasteiger charge is 2.21. The second-order valence-electron chi connectivity index (χ2n) is 6.55. The third-order valence-electron chi connectivity index (χ3n) is 4.19. The molecule has 0 saturated heterocycles. The fourth-order valence-electron chi connectivity index (χ4n) is 2.60. The molecule has 5 nitrogen and oxygen atoms in total. The number of hydrogen-bond donors (Lipinski definition) is 1. The quantitative estimate of drug-likeness (QED) is 0.704. The predicted octanol–water partition coefficient (Wildman–Crippen LogP) is 4.40. The Morgan fingerprint density at radius 1 is 1.15 bits per heavy atom. The predicted molar refractivity (Wildman–Crippen MR) is 112 cm³/mol. The molecule has 0 heterocycles. The van der Waals surface area contributed by atoms with Crippen LogP contribution in [0.3, 0.4) is 0 Å². The van der Waals surface area contributed by atoms with Gasteiger partial charge < -0.3 is 5.32 Å². The number of nitrogens with zero attached hydrogens (tertiary/aromatic N) is 1. The SMILES string of the molecule is CCCCc1ccc(NC(=O)CN(c2ccc(C)c(Cl)c2)S(C)(=O)=O)cc1. The number of nitrogens with one attached hydrogen (secondary N) is 1. The van der Waals surface area contributed by atoms with E-state index >= 15 is 0 Å². The van der Waals surface area contributed by atoms with E-state index < -0.39 is 15.9 Å². The molecule has 2 rings (SSSR count). The van der Waals surface area contributed by atoms with Crippen molar-refractivity contribution in [3.8, 4) is 0 Å². The fraction of sp³-hybridized carbons (Fsp3) is 0.350. The maximum absolute atomic E-state index is 12.4. The monoisotopic (exact) mass is 408 g/mol. The van der Waals surface area contributed by atoms with Crippen LogP contribution in [0.1, 0.15) is 30.9 Å². The van der Waals surface area contributed by atoms with Crippen LogP contribution < -0.4 is 9.62 Å². The molecule has 0 fully saturated rings. The summed E-state index contributed by atoms with van der Waals surface area (Å²) < 4.78 is 25.4. The maximum atomic E-state index is 12.4. The van der Waals surface area contributed by atoms with Crippen LogP contribution in [-0.4, -0.2) is 27.1 Å². The summed E-state index contributed by atoms with van der Waals surface area (Å²) in [4.78, 5) is 12.4. The molecular formula is C20H25ClN2O3S. The average molecular weight is 409 g/mol. The van der Waals surface area contributed by atoms with Crippen molar-refractivity contribution < 1.29 is 13.2 Å². The van der Waals surface area contributed by atoms with Crippen molar-refractivity contribution in [2.24, 2.45) is 0 Å². The van der Waals surface area contributed by atoms with E-state index in [9.17, 15) is 13.2 Å². The number of benzene rings is 2. The van der Waals surface area contributed by atoms with Crippen LogP contribution >= 0.6 is 11.6 Å². The van der Waals surface area contributed by atoms with E-state index in [2.05, 4.69) is 12.2 Å². The van der Waals surface area contributed by atoms with Crippen LogP contribution in [0.2, 0.25) is 5.02 Å². The lowest BCUT2D eigenvalue weighted by Crippen LogP contribution is -2.37. The zero-order valence-electron chi connectivity index (χ0n) is 15.8. The molecule has 0 radical (unpaired) electrons. The highest BCUT2D eigenvalue weighted by molar-refractivity contribution is 7.92. The third kappa shape index (κ3) is 6.26. The minimum absolute atomic E-state index is 0.324. The zero-order chi connectivity index (χ0) is 20.0. The Hall–Kier alpha value is -2.05. The van der Waals surface area contributed by atoms with Crippen LogP contribution in [0.4, 0.5) is 11.4 Å². The van der Waals surface area contributed by atoms with Crippen LogP contribution in [0.5, 0.6) is 0 Å². The molecule has 2 aromatic rings. The summed E-state index contributed by atoms with van der Waals surface area (Å²) in [6.07, 6.45) is 4.31. The summed E-state index contributed by atoms with van der Waals surface area (Å²) in [5.41, 5.74) is 3.04. The highest BCUT2D eigenvalue weighted by Crippen LogP contribution is 2.25. The van der Waals surface area contributed by atoms with Gasteiger partial charge >= 0.3 is 0 Å². The van der Waals surface area contributed by atoms with E-state index in [-0.39, 0.29) is 6.54 Å². The second-order valence-corrected chi connectivity index (χ2v) is 8.87. The van der Waals surface area contributed by atoms with Crippen molar-refractivity contribution in [1.29, 1.82) is 0 Å². The summed E-state index contributed by atoms with van der Waals surface area (Å²) in [6.45, 7) is 3.65. The third-order valence-corrected chi connectivity index (χ3v) is 5.74. The molecule has 1 N–H and O–H groups in total. The largest absolute Gasteiger partial charge is 0.325 e. The molecule has 0 atom stereocenters. The number of rotatable bonds is 8. The summed E-state index contributed by atoms with van der Waals surface area (Å²) in [5, 5.41) is 3.19. The number of anilines is 2. The average Bonchev–Trinajstić information content (AvgIpc) is 2.60. The number of halogens is 1. The molecule has 0 aliphatic carbocycles. The van der Waals surface area contributed by atoms with Gasteiger partial charge in [-0.25, -0.2) is 8.42 Å². The zero-order valence-corrected chi connectivity index (χ0v) is 17.4. The molecule has 0 bridgehead atoms. The van der Waals surface area contributed by atoms with E-state index in [1.165, 1.54) is 5.56 Å². The maximum Gasteiger partial charge on any atom is 0.245 e. The van der Waals surface area contributed by atoms with E-state index in [4.69, 9.17) is 11.6 Å². The standard InChI is InChI=1S/C20H25ClN2O3S/c1-4-5-6-16-8-10-17(11-9-16)22-20(24)14-23(27(3,25)26)18-12-7-15(2)19(21)13-18/h7-13H,4-6,14H2,1-3H3,(H,22,24). The lowest BCUT2D eigenvalue weighted by molar-refractivity contribution is -0.114. The molecule has 0 saturated carbocycles. The smallest absolute Gasteiger partial charge is 0.245 e. The van der Waals surface area contributed by atoms with Gasteiger partial charge in [0.2, 0.25) is 15.9 Å². The summed E-state index contributed by atoms with van der Waals surface area (Å²) in [7, 11) is -3.64. The van der Waals surface area contributed by atoms with Gasteiger partial charge in [0.1, 0.15) is 6.54 Å². The van der Waals surface area contributed by atoms with E-state index in [0.717, 1.165) is 35.4 Å². The molecule has 0 spiro atoms. The van der Waals surface area contributed by atoms with Gasteiger partial charge in [0.15, 0.2) is 0 Å². The van der Waals surface area contributed by atoms with Crippen LogP contribution in [0, 0.1) is 6.92 Å². The highest BCUT2D eigenvalue weighted by atomic mass is 35.5. The van der Waals surface area contributed by atoms with Gasteiger partial charge in [-0.2, -0.15) is 0 Å². The van der Waals surface area contributed by atoms with Gasteiger partial charge in [0, 0.05) is 10.7 Å². The number of hydrogen-bond acceptors (Lipinski definition) is 3. The Morgan fingerprint density at radius 3 is 2.37 bits per heavy atom. The normalized spacial score (nSPS) is 11.3. The molecule has 0 aliphatic heterocycles. The lowest BCUT2D eigenvalue weighted by Gasteiger charge is -2.22. The van der Waals surface area contributed by atoms with Gasteiger partial charge in [0.25, 0.3) is 0 Å². The van der Waals surface area contributed by atoms with Gasteiger partial charge in [0.05, 0.1) is 11.9 Å². The Labute approximate surface area is 166 Å². The fourth-order valence-corrected chi connectivity index (χ4v) is 3.63. The van der Waals surface area contributed by atoms with Gasteiger partial charge in [-0.1, -0.05) is 43.1 Å². The van der Waals surface area contributed by atoms with Gasteiger partial charge in [-0.15, -0.1) is 0 Å². The van der Waals surface area contributed by atoms with Crippen molar-refractivity contribution in [3.63, 3.8) is 0 Å². The number of unbranched alkanes of at least 4 members (excludes halogenated alkanes) is 1. The molecule has 7 heteroatoms. The minimum atomic E-state index is -3.64. The molecule has 146 valence electrons. The minimum Gasteiger partial charge on any atom is -0.325 e. The first kappa shape index (κ1) is 21.3. The van der Waals surface area contributed by atoms with E-state index in [0.29, 0.717) is 16.4 Å². The molecule has 27 heavy (non-hydrogen) atoms. The first-order chi connectivity index (χ1) is 12.7. The van der Waals surface area contributed by atoms with Crippen molar-refractivity contribution in [3.05, 3.63) is 58.6 Å². The van der Waals surface area contributed by atoms with Crippen molar-refractivity contribution in [1.82, 2.24) is 0 Å². The Kier molecular flexibility index (Phi) is 7.27. The topological polar surface area (TPSA) is 66.5 Å². The molecular weight excluding hydrogens is 384 g/mol. The summed E-state index contributed by atoms with van der Waals surface area (Å²) >= 11 is 6.10. The van der Waals surface area contributed by atoms with Gasteiger partial charge in [-0.3, -0.25) is 9.10 Å². The molecule has 0 aliphatic rings. The van der Waals surface area contributed by atoms with Crippen LogP contribution in [0.15, 0.2) is 42.5 Å². The van der Waals surface area contributed by atoms with Crippen molar-refractivity contribution in [2.75, 3.05) is 22.4 Å². The summed E-state index contributed by atoms with van der Waals surface area (Å²) in [5.74, 6) is -0.418. The Bertz CT molecular complexity index is 896.